The molecule has 2 amide bonds. The topological polar surface area (TPSA) is 118 Å². The van der Waals surface area contributed by atoms with E-state index >= 15 is 0 Å². The Bertz CT molecular complexity index is 1370. The molecule has 40 heavy (non-hydrogen) atoms. The van der Waals surface area contributed by atoms with E-state index in [1.165, 1.54) is 32.2 Å². The maximum Gasteiger partial charge on any atom is 0.405 e. The first-order chi connectivity index (χ1) is 18.5. The van der Waals surface area contributed by atoms with Crippen LogP contribution in [0.3, 0.4) is 0 Å². The first-order valence-electron chi connectivity index (χ1n) is 12.6. The molecule has 0 unspecified atom stereocenters. The number of alkyl halides is 3. The molecule has 2 N–H and O–H groups in total. The molecule has 0 aliphatic carbocycles. The van der Waals surface area contributed by atoms with Crippen LogP contribution >= 0.6 is 0 Å². The number of piperidine rings is 1. The van der Waals surface area contributed by atoms with Gasteiger partial charge in [-0.15, -0.1) is 0 Å². The number of hydrogen-bond donors (Lipinski definition) is 2. The Labute approximate surface area is 229 Å². The van der Waals surface area contributed by atoms with Gasteiger partial charge in [0.05, 0.1) is 5.56 Å². The second kappa shape index (κ2) is 10.9. The van der Waals surface area contributed by atoms with E-state index in [4.69, 9.17) is 4.74 Å². The van der Waals surface area contributed by atoms with E-state index in [1.54, 1.807) is 6.07 Å². The van der Waals surface area contributed by atoms with Gasteiger partial charge in [-0.05, 0) is 69.9 Å². The molecular weight excluding hydrogens is 556 g/mol. The largest absolute Gasteiger partial charge is 0.477 e. The minimum atomic E-state index is -4.51. The van der Waals surface area contributed by atoms with Gasteiger partial charge in [-0.3, -0.25) is 9.59 Å². The summed E-state index contributed by atoms with van der Waals surface area (Å²) in [6.07, 6.45) is 0.547. The Morgan fingerprint density at radius 2 is 1.75 bits per heavy atom. The van der Waals surface area contributed by atoms with Crippen molar-refractivity contribution < 1.29 is 40.3 Å². The summed E-state index contributed by atoms with van der Waals surface area (Å²) in [6, 6.07) is 6.01. The average molecular weight is 587 g/mol. The van der Waals surface area contributed by atoms with Crippen molar-refractivity contribution in [1.29, 1.82) is 0 Å². The highest BCUT2D eigenvalue weighted by Crippen LogP contribution is 2.39. The first kappa shape index (κ1) is 29.6. The highest BCUT2D eigenvalue weighted by molar-refractivity contribution is 7.90. The molecule has 2 aliphatic rings. The molecule has 2 bridgehead atoms. The lowest BCUT2D eigenvalue weighted by Gasteiger charge is -2.41. The summed E-state index contributed by atoms with van der Waals surface area (Å²) in [7, 11) is -3.81. The van der Waals surface area contributed by atoms with Gasteiger partial charge in [0.2, 0.25) is 0 Å². The van der Waals surface area contributed by atoms with Crippen LogP contribution in [0.25, 0.3) is 0 Å². The number of nitrogens with one attached hydrogen (secondary N) is 2. The van der Waals surface area contributed by atoms with Gasteiger partial charge in [-0.1, -0.05) is 0 Å². The Hall–Kier alpha value is -3.42. The number of sulfone groups is 1. The number of ether oxygens (including phenoxy) is 1. The number of hydrogen-bond acceptors (Lipinski definition) is 7. The number of rotatable bonds is 8. The van der Waals surface area contributed by atoms with E-state index in [1.807, 2.05) is 5.32 Å². The summed E-state index contributed by atoms with van der Waals surface area (Å²) in [5.74, 6) is -1.60. The van der Waals surface area contributed by atoms with Crippen LogP contribution in [-0.2, 0) is 14.6 Å². The van der Waals surface area contributed by atoms with Gasteiger partial charge < -0.3 is 20.3 Å². The molecule has 2 aromatic rings. The second-order valence-electron chi connectivity index (χ2n) is 10.6. The normalized spacial score (nSPS) is 21.2. The van der Waals surface area contributed by atoms with Crippen molar-refractivity contribution in [1.82, 2.24) is 15.6 Å². The molecule has 4 rings (SSSR count). The van der Waals surface area contributed by atoms with Crippen LogP contribution in [0.15, 0.2) is 41.4 Å². The molecule has 0 spiro atoms. The van der Waals surface area contributed by atoms with Gasteiger partial charge in [0.1, 0.15) is 28.8 Å². The van der Waals surface area contributed by atoms with Crippen LogP contribution in [0, 0.1) is 5.82 Å². The smallest absolute Gasteiger partial charge is 0.405 e. The van der Waals surface area contributed by atoms with Gasteiger partial charge in [-0.2, -0.15) is 13.2 Å². The lowest BCUT2D eigenvalue weighted by Crippen LogP contribution is -2.55. The fraction of sp³-hybridized carbons (Fsp3) is 0.500. The van der Waals surface area contributed by atoms with Crippen molar-refractivity contribution >= 4 is 27.5 Å². The maximum atomic E-state index is 13.7. The van der Waals surface area contributed by atoms with Crippen LogP contribution in [-0.4, -0.2) is 67.9 Å². The summed E-state index contributed by atoms with van der Waals surface area (Å²) >= 11 is 0. The number of nitrogens with zero attached hydrogens (tertiary/aromatic N) is 2. The van der Waals surface area contributed by atoms with Crippen molar-refractivity contribution in [2.24, 2.45) is 0 Å². The molecule has 2 fully saturated rings. The fourth-order valence-corrected chi connectivity index (χ4v) is 5.96. The molecule has 3 heterocycles. The predicted molar refractivity (Wildman–Crippen MR) is 137 cm³/mol. The Morgan fingerprint density at radius 1 is 1.10 bits per heavy atom. The van der Waals surface area contributed by atoms with E-state index in [0.29, 0.717) is 18.7 Å². The summed E-state index contributed by atoms with van der Waals surface area (Å²) < 4.78 is 80.8. The molecule has 2 aliphatic heterocycles. The summed E-state index contributed by atoms with van der Waals surface area (Å²) in [6.45, 7) is 1.57. The van der Waals surface area contributed by atoms with E-state index in [0.717, 1.165) is 31.2 Å². The molecule has 14 heteroatoms. The zero-order chi connectivity index (χ0) is 29.5. The Kier molecular flexibility index (Phi) is 8.03. The highest BCUT2D eigenvalue weighted by atomic mass is 32.2. The van der Waals surface area contributed by atoms with Crippen LogP contribution < -0.4 is 20.3 Å². The zero-order valence-corrected chi connectivity index (χ0v) is 22.9. The van der Waals surface area contributed by atoms with Crippen molar-refractivity contribution in [3.63, 3.8) is 0 Å². The van der Waals surface area contributed by atoms with Crippen molar-refractivity contribution in [2.75, 3.05) is 17.7 Å². The van der Waals surface area contributed by atoms with E-state index in [9.17, 15) is 35.6 Å². The minimum Gasteiger partial charge on any atom is -0.477 e. The molecule has 9 nitrogen and oxygen atoms in total. The summed E-state index contributed by atoms with van der Waals surface area (Å²) in [4.78, 5) is 31.2. The standard InChI is InChI=1S/C26H30F4N4O5S/c1-25(2,39-20-8-5-16(27)10-21(20)40(3,37)38)24(36)33-17-11-18-6-7-19(12-17)34(18)22-9-4-15(13-31-22)23(35)32-14-26(28,29)30/h4-5,8-10,13,17-19H,6-7,11-12,14H2,1-3H3,(H,32,35)(H,33,36)/t17-,18+,19-. The molecule has 218 valence electrons. The monoisotopic (exact) mass is 586 g/mol. The third kappa shape index (κ3) is 6.83. The second-order valence-corrected chi connectivity index (χ2v) is 12.6. The number of fused-ring (bicyclic) bond motifs is 2. The number of pyridine rings is 1. The van der Waals surface area contributed by atoms with Gasteiger partial charge in [0, 0.05) is 30.6 Å². The molecule has 1 aromatic heterocycles. The molecule has 0 saturated carbocycles. The third-order valence-corrected chi connectivity index (χ3v) is 8.13. The van der Waals surface area contributed by atoms with Crippen molar-refractivity contribution in [3.05, 3.63) is 47.9 Å². The van der Waals surface area contributed by atoms with Crippen molar-refractivity contribution in [3.8, 4) is 5.75 Å². The zero-order valence-electron chi connectivity index (χ0n) is 22.1. The van der Waals surface area contributed by atoms with Gasteiger partial charge in [0.15, 0.2) is 15.4 Å². The van der Waals surface area contributed by atoms with Crippen molar-refractivity contribution in [2.45, 2.75) is 74.3 Å². The molecule has 1 aromatic carbocycles. The molecule has 2 saturated heterocycles. The quantitative estimate of drug-likeness (QED) is 0.456. The van der Waals surface area contributed by atoms with Crippen LogP contribution in [0.5, 0.6) is 5.75 Å². The van der Waals surface area contributed by atoms with Crippen LogP contribution in [0.1, 0.15) is 49.9 Å². The van der Waals surface area contributed by atoms with Gasteiger partial charge in [-0.25, -0.2) is 17.8 Å². The number of amides is 2. The Balaban J connectivity index is 1.39. The average Bonchev–Trinajstić information content (AvgIpc) is 3.12. The number of aromatic nitrogens is 1. The van der Waals surface area contributed by atoms with E-state index in [-0.39, 0.29) is 34.3 Å². The van der Waals surface area contributed by atoms with E-state index < -0.39 is 45.8 Å². The number of carbonyl (C=O) groups excluding carboxylic acids is 2. The number of carbonyl (C=O) groups is 2. The predicted octanol–water partition coefficient (Wildman–Crippen LogP) is 3.39. The van der Waals surface area contributed by atoms with Crippen LogP contribution in [0.4, 0.5) is 23.4 Å². The minimum absolute atomic E-state index is 0.0184. The lowest BCUT2D eigenvalue weighted by atomic mass is 9.96. The number of benzene rings is 1. The lowest BCUT2D eigenvalue weighted by molar-refractivity contribution is -0.135. The van der Waals surface area contributed by atoms with Gasteiger partial charge >= 0.3 is 6.18 Å². The van der Waals surface area contributed by atoms with E-state index in [2.05, 4.69) is 15.2 Å². The van der Waals surface area contributed by atoms with Crippen LogP contribution in [0.2, 0.25) is 0 Å². The summed E-state index contributed by atoms with van der Waals surface area (Å²) in [5, 5.41) is 4.81. The first-order valence-corrected chi connectivity index (χ1v) is 14.5. The SMILES string of the molecule is CC(C)(Oc1ccc(F)cc1S(C)(=O)=O)C(=O)N[C@H]1C[C@H]2CC[C@@H](C1)N2c1ccc(C(=O)NCC(F)(F)F)cn1. The molecule has 0 radical (unpaired) electrons. The third-order valence-electron chi connectivity index (χ3n) is 7.01. The maximum absolute atomic E-state index is 13.7. The number of anilines is 1. The summed E-state index contributed by atoms with van der Waals surface area (Å²) in [5.41, 5.74) is -1.44. The molecular formula is C26H30F4N4O5S. The number of halogens is 4. The fourth-order valence-electron chi connectivity index (χ4n) is 5.16. The Morgan fingerprint density at radius 3 is 2.30 bits per heavy atom. The highest BCUT2D eigenvalue weighted by Gasteiger charge is 2.43. The van der Waals surface area contributed by atoms with Gasteiger partial charge in [0.25, 0.3) is 11.8 Å². The molecule has 3 atom stereocenters.